The molecule has 1 aromatic carbocycles. The fourth-order valence-corrected chi connectivity index (χ4v) is 1.48. The van der Waals surface area contributed by atoms with Gasteiger partial charge in [0, 0.05) is 11.0 Å². The fourth-order valence-electron chi connectivity index (χ4n) is 1.48. The molecule has 84 valence electrons. The minimum atomic E-state index is 0.0556. The highest BCUT2D eigenvalue weighted by atomic mass is 16.4. The Morgan fingerprint density at radius 3 is 2.50 bits per heavy atom. The van der Waals surface area contributed by atoms with Crippen molar-refractivity contribution in [2.45, 2.75) is 32.6 Å². The molecule has 0 radical (unpaired) electrons. The Labute approximate surface area is 96.3 Å². The molecule has 1 aromatic heterocycles. The standard InChI is InChI=1S/C14H17NO/c1-4-14(2,3)12-10-15-13(16-12)11-8-6-5-7-9-11/h5-10H,4H2,1-3H3. The Hall–Kier alpha value is -1.57. The molecule has 0 aliphatic carbocycles. The lowest BCUT2D eigenvalue weighted by molar-refractivity contribution is 0.380. The van der Waals surface area contributed by atoms with E-state index in [1.807, 2.05) is 36.5 Å². The summed E-state index contributed by atoms with van der Waals surface area (Å²) < 4.78 is 5.81. The average molecular weight is 215 g/mol. The van der Waals surface area contributed by atoms with Crippen molar-refractivity contribution in [3.05, 3.63) is 42.3 Å². The number of benzene rings is 1. The van der Waals surface area contributed by atoms with Gasteiger partial charge in [0.25, 0.3) is 0 Å². The molecular formula is C14H17NO. The highest BCUT2D eigenvalue weighted by molar-refractivity contribution is 5.52. The largest absolute Gasteiger partial charge is 0.441 e. The van der Waals surface area contributed by atoms with Crippen LogP contribution in [0.2, 0.25) is 0 Å². The minimum absolute atomic E-state index is 0.0556. The van der Waals surface area contributed by atoms with E-state index in [0.717, 1.165) is 17.7 Å². The summed E-state index contributed by atoms with van der Waals surface area (Å²) in [6, 6.07) is 9.99. The zero-order valence-corrected chi connectivity index (χ0v) is 10.0. The molecule has 0 saturated carbocycles. The quantitative estimate of drug-likeness (QED) is 0.772. The number of nitrogens with zero attached hydrogens (tertiary/aromatic N) is 1. The summed E-state index contributed by atoms with van der Waals surface area (Å²) in [6.45, 7) is 6.50. The molecule has 0 amide bonds. The molecule has 0 bridgehead atoms. The predicted molar refractivity (Wildman–Crippen MR) is 65.3 cm³/mol. The van der Waals surface area contributed by atoms with Crippen LogP contribution in [0.5, 0.6) is 0 Å². The second-order valence-electron chi connectivity index (χ2n) is 4.63. The Kier molecular flexibility index (Phi) is 2.82. The molecule has 0 aliphatic heterocycles. The molecule has 0 unspecified atom stereocenters. The van der Waals surface area contributed by atoms with Crippen LogP contribution in [0.4, 0.5) is 0 Å². The van der Waals surface area contributed by atoms with Gasteiger partial charge in [0.15, 0.2) is 0 Å². The highest BCUT2D eigenvalue weighted by Gasteiger charge is 2.23. The molecule has 0 N–H and O–H groups in total. The van der Waals surface area contributed by atoms with Gasteiger partial charge in [-0.2, -0.15) is 0 Å². The van der Waals surface area contributed by atoms with Crippen molar-refractivity contribution < 1.29 is 4.42 Å². The molecule has 2 aromatic rings. The highest BCUT2D eigenvalue weighted by Crippen LogP contribution is 2.29. The maximum atomic E-state index is 5.81. The average Bonchev–Trinajstić information content (AvgIpc) is 2.80. The lowest BCUT2D eigenvalue weighted by atomic mass is 9.88. The zero-order chi connectivity index (χ0) is 11.6. The van der Waals surface area contributed by atoms with Gasteiger partial charge in [-0.15, -0.1) is 0 Å². The Morgan fingerprint density at radius 2 is 1.88 bits per heavy atom. The molecule has 0 atom stereocenters. The van der Waals surface area contributed by atoms with Gasteiger partial charge < -0.3 is 4.42 Å². The molecule has 2 rings (SSSR count). The van der Waals surface area contributed by atoms with E-state index in [4.69, 9.17) is 4.42 Å². The van der Waals surface area contributed by atoms with Gasteiger partial charge in [-0.3, -0.25) is 0 Å². The van der Waals surface area contributed by atoms with Gasteiger partial charge in [-0.25, -0.2) is 4.98 Å². The summed E-state index contributed by atoms with van der Waals surface area (Å²) in [4.78, 5) is 4.33. The lowest BCUT2D eigenvalue weighted by Crippen LogP contribution is -2.13. The Bertz CT molecular complexity index is 457. The van der Waals surface area contributed by atoms with Crippen LogP contribution in [0.1, 0.15) is 33.0 Å². The molecule has 0 fully saturated rings. The van der Waals surface area contributed by atoms with E-state index in [-0.39, 0.29) is 5.41 Å². The van der Waals surface area contributed by atoms with Crippen molar-refractivity contribution in [2.75, 3.05) is 0 Å². The van der Waals surface area contributed by atoms with Crippen molar-refractivity contribution in [1.82, 2.24) is 4.98 Å². The van der Waals surface area contributed by atoms with Gasteiger partial charge in [0.2, 0.25) is 5.89 Å². The summed E-state index contributed by atoms with van der Waals surface area (Å²) in [7, 11) is 0. The molecule has 16 heavy (non-hydrogen) atoms. The summed E-state index contributed by atoms with van der Waals surface area (Å²) in [5.41, 5.74) is 1.08. The molecule has 2 heteroatoms. The fraction of sp³-hybridized carbons (Fsp3) is 0.357. The van der Waals surface area contributed by atoms with Crippen LogP contribution >= 0.6 is 0 Å². The smallest absolute Gasteiger partial charge is 0.226 e. The first-order valence-electron chi connectivity index (χ1n) is 5.65. The summed E-state index contributed by atoms with van der Waals surface area (Å²) in [5.74, 6) is 1.66. The third-order valence-electron chi connectivity index (χ3n) is 3.08. The Morgan fingerprint density at radius 1 is 1.19 bits per heavy atom. The molecule has 1 heterocycles. The minimum Gasteiger partial charge on any atom is -0.441 e. The monoisotopic (exact) mass is 215 g/mol. The van der Waals surface area contributed by atoms with Crippen molar-refractivity contribution in [3.63, 3.8) is 0 Å². The first kappa shape index (κ1) is 10.9. The Balaban J connectivity index is 2.34. The summed E-state index contributed by atoms with van der Waals surface area (Å²) in [5, 5.41) is 0. The van der Waals surface area contributed by atoms with Gasteiger partial charge >= 0.3 is 0 Å². The number of hydrogen-bond donors (Lipinski definition) is 0. The summed E-state index contributed by atoms with van der Waals surface area (Å²) >= 11 is 0. The van der Waals surface area contributed by atoms with E-state index in [0.29, 0.717) is 5.89 Å². The van der Waals surface area contributed by atoms with Crippen LogP contribution < -0.4 is 0 Å². The lowest BCUT2D eigenvalue weighted by Gasteiger charge is -2.18. The normalized spacial score (nSPS) is 11.7. The second-order valence-corrected chi connectivity index (χ2v) is 4.63. The van der Waals surface area contributed by atoms with Crippen LogP contribution in [0, 0.1) is 0 Å². The maximum Gasteiger partial charge on any atom is 0.226 e. The van der Waals surface area contributed by atoms with Crippen molar-refractivity contribution >= 4 is 0 Å². The van der Waals surface area contributed by atoms with Crippen LogP contribution in [0.3, 0.4) is 0 Å². The summed E-state index contributed by atoms with van der Waals surface area (Å²) in [6.07, 6.45) is 2.88. The second kappa shape index (κ2) is 4.12. The third-order valence-corrected chi connectivity index (χ3v) is 3.08. The number of oxazole rings is 1. The molecule has 0 spiro atoms. The maximum absolute atomic E-state index is 5.81. The van der Waals surface area contributed by atoms with Gasteiger partial charge in [0.1, 0.15) is 5.76 Å². The predicted octanol–water partition coefficient (Wildman–Crippen LogP) is 4.03. The number of rotatable bonds is 3. The van der Waals surface area contributed by atoms with E-state index in [2.05, 4.69) is 25.8 Å². The first-order chi connectivity index (χ1) is 7.63. The van der Waals surface area contributed by atoms with Crippen LogP contribution in [-0.4, -0.2) is 4.98 Å². The van der Waals surface area contributed by atoms with Crippen molar-refractivity contribution in [3.8, 4) is 11.5 Å². The van der Waals surface area contributed by atoms with E-state index in [1.165, 1.54) is 0 Å². The van der Waals surface area contributed by atoms with E-state index >= 15 is 0 Å². The first-order valence-corrected chi connectivity index (χ1v) is 5.65. The third kappa shape index (κ3) is 2.01. The molecular weight excluding hydrogens is 198 g/mol. The molecule has 0 aliphatic rings. The van der Waals surface area contributed by atoms with E-state index < -0.39 is 0 Å². The van der Waals surface area contributed by atoms with Gasteiger partial charge in [0.05, 0.1) is 6.20 Å². The number of hydrogen-bond acceptors (Lipinski definition) is 2. The van der Waals surface area contributed by atoms with Gasteiger partial charge in [-0.1, -0.05) is 39.0 Å². The van der Waals surface area contributed by atoms with E-state index in [1.54, 1.807) is 0 Å². The SMILES string of the molecule is CCC(C)(C)c1cnc(-c2ccccc2)o1. The van der Waals surface area contributed by atoms with Crippen molar-refractivity contribution in [1.29, 1.82) is 0 Å². The van der Waals surface area contributed by atoms with Gasteiger partial charge in [-0.05, 0) is 18.6 Å². The van der Waals surface area contributed by atoms with Crippen LogP contribution in [0.15, 0.2) is 40.9 Å². The topological polar surface area (TPSA) is 26.0 Å². The van der Waals surface area contributed by atoms with Crippen LogP contribution in [0.25, 0.3) is 11.5 Å². The zero-order valence-electron chi connectivity index (χ0n) is 10.0. The van der Waals surface area contributed by atoms with E-state index in [9.17, 15) is 0 Å². The molecule has 0 saturated heterocycles. The molecule has 2 nitrogen and oxygen atoms in total. The van der Waals surface area contributed by atoms with Crippen molar-refractivity contribution in [2.24, 2.45) is 0 Å². The number of aromatic nitrogens is 1. The van der Waals surface area contributed by atoms with Crippen LogP contribution in [-0.2, 0) is 5.41 Å².